The fourth-order valence-corrected chi connectivity index (χ4v) is 3.34. The predicted molar refractivity (Wildman–Crippen MR) is 77.5 cm³/mol. The first-order valence-electron chi connectivity index (χ1n) is 5.45. The molecule has 0 saturated carbocycles. The van der Waals surface area contributed by atoms with Crippen LogP contribution in [0.3, 0.4) is 0 Å². The van der Waals surface area contributed by atoms with E-state index >= 15 is 0 Å². The highest BCUT2D eigenvalue weighted by Crippen LogP contribution is 2.36. The lowest BCUT2D eigenvalue weighted by Crippen LogP contribution is -2.07. The summed E-state index contributed by atoms with van der Waals surface area (Å²) in [6, 6.07) is 6.79. The largest absolute Gasteiger partial charge is 0.376 e. The van der Waals surface area contributed by atoms with Gasteiger partial charge in [-0.1, -0.05) is 29.3 Å². The average molecular weight is 304 g/mol. The van der Waals surface area contributed by atoms with Crippen molar-refractivity contribution < 1.29 is 4.39 Å². The third kappa shape index (κ3) is 2.97. The van der Waals surface area contributed by atoms with E-state index in [2.05, 4.69) is 5.32 Å². The van der Waals surface area contributed by atoms with Crippen molar-refractivity contribution in [3.05, 3.63) is 49.9 Å². The Kier molecular flexibility index (Phi) is 4.15. The van der Waals surface area contributed by atoms with Gasteiger partial charge in [-0.2, -0.15) is 0 Å². The minimum Gasteiger partial charge on any atom is -0.376 e. The summed E-state index contributed by atoms with van der Waals surface area (Å²) in [5.41, 5.74) is 2.24. The van der Waals surface area contributed by atoms with Gasteiger partial charge >= 0.3 is 0 Å². The van der Waals surface area contributed by atoms with Gasteiger partial charge in [-0.05, 0) is 37.6 Å². The molecule has 96 valence electrons. The fraction of sp³-hybridized carbons (Fsp3) is 0.231. The van der Waals surface area contributed by atoms with Crippen LogP contribution in [0.2, 0.25) is 8.67 Å². The van der Waals surface area contributed by atoms with E-state index in [1.165, 1.54) is 17.4 Å². The number of anilines is 1. The van der Waals surface area contributed by atoms with Crippen LogP contribution in [0.15, 0.2) is 24.3 Å². The van der Waals surface area contributed by atoms with Gasteiger partial charge in [0, 0.05) is 5.56 Å². The van der Waals surface area contributed by atoms with Gasteiger partial charge in [0.2, 0.25) is 0 Å². The number of hydrogen-bond acceptors (Lipinski definition) is 2. The molecule has 0 spiro atoms. The molecule has 1 atom stereocenters. The van der Waals surface area contributed by atoms with E-state index in [9.17, 15) is 4.39 Å². The van der Waals surface area contributed by atoms with Crippen molar-refractivity contribution >= 4 is 40.2 Å². The summed E-state index contributed by atoms with van der Waals surface area (Å²) in [7, 11) is 0. The molecule has 2 aromatic rings. The summed E-state index contributed by atoms with van der Waals surface area (Å²) in [6.07, 6.45) is 0. The molecule has 1 aromatic carbocycles. The molecule has 0 aliphatic heterocycles. The van der Waals surface area contributed by atoms with E-state index in [1.54, 1.807) is 12.1 Å². The molecular formula is C13H12Cl2FNS. The van der Waals surface area contributed by atoms with Crippen LogP contribution in [-0.4, -0.2) is 0 Å². The van der Waals surface area contributed by atoms with Crippen molar-refractivity contribution in [2.24, 2.45) is 0 Å². The zero-order valence-corrected chi connectivity index (χ0v) is 12.3. The molecule has 2 rings (SSSR count). The van der Waals surface area contributed by atoms with Gasteiger partial charge in [-0.15, -0.1) is 11.3 Å². The van der Waals surface area contributed by atoms with Crippen LogP contribution in [0.25, 0.3) is 0 Å². The Bertz CT molecular complexity index is 568. The Hall–Kier alpha value is -0.770. The number of aryl methyl sites for hydroxylation is 1. The average Bonchev–Trinajstić information content (AvgIpc) is 2.62. The SMILES string of the molecule is Cc1ccc(NC(C)c2cc(Cl)sc2Cl)c(F)c1. The molecular weight excluding hydrogens is 292 g/mol. The highest BCUT2D eigenvalue weighted by molar-refractivity contribution is 7.20. The molecule has 18 heavy (non-hydrogen) atoms. The van der Waals surface area contributed by atoms with E-state index in [4.69, 9.17) is 23.2 Å². The van der Waals surface area contributed by atoms with E-state index in [1.807, 2.05) is 19.9 Å². The first kappa shape index (κ1) is 13.7. The van der Waals surface area contributed by atoms with Crippen molar-refractivity contribution in [2.45, 2.75) is 19.9 Å². The van der Waals surface area contributed by atoms with Crippen molar-refractivity contribution in [3.63, 3.8) is 0 Å². The van der Waals surface area contributed by atoms with Gasteiger partial charge < -0.3 is 5.32 Å². The van der Waals surface area contributed by atoms with Crippen molar-refractivity contribution in [2.75, 3.05) is 5.32 Å². The minimum absolute atomic E-state index is 0.0987. The van der Waals surface area contributed by atoms with E-state index in [0.717, 1.165) is 11.1 Å². The summed E-state index contributed by atoms with van der Waals surface area (Å²) < 4.78 is 15.0. The molecule has 0 fully saturated rings. The number of rotatable bonds is 3. The Morgan fingerprint density at radius 2 is 2.00 bits per heavy atom. The van der Waals surface area contributed by atoms with Crippen LogP contribution in [-0.2, 0) is 0 Å². The molecule has 5 heteroatoms. The fourth-order valence-electron chi connectivity index (χ4n) is 1.70. The van der Waals surface area contributed by atoms with Gasteiger partial charge in [-0.3, -0.25) is 0 Å². The Morgan fingerprint density at radius 1 is 1.28 bits per heavy atom. The summed E-state index contributed by atoms with van der Waals surface area (Å²) in [6.45, 7) is 3.77. The monoisotopic (exact) mass is 303 g/mol. The van der Waals surface area contributed by atoms with Crippen LogP contribution >= 0.6 is 34.5 Å². The van der Waals surface area contributed by atoms with Crippen LogP contribution in [0.4, 0.5) is 10.1 Å². The van der Waals surface area contributed by atoms with Crippen molar-refractivity contribution in [3.8, 4) is 0 Å². The molecule has 0 aliphatic rings. The molecule has 1 N–H and O–H groups in total. The maximum atomic E-state index is 13.7. The molecule has 0 radical (unpaired) electrons. The predicted octanol–water partition coefficient (Wildman–Crippen LogP) is 5.68. The second-order valence-electron chi connectivity index (χ2n) is 4.13. The highest BCUT2D eigenvalue weighted by atomic mass is 35.5. The number of hydrogen-bond donors (Lipinski definition) is 1. The van der Waals surface area contributed by atoms with E-state index in [0.29, 0.717) is 14.4 Å². The lowest BCUT2D eigenvalue weighted by atomic mass is 10.1. The maximum Gasteiger partial charge on any atom is 0.146 e. The van der Waals surface area contributed by atoms with Crippen LogP contribution in [0.1, 0.15) is 24.1 Å². The van der Waals surface area contributed by atoms with Crippen LogP contribution in [0, 0.1) is 12.7 Å². The number of nitrogens with one attached hydrogen (secondary N) is 1. The third-order valence-electron chi connectivity index (χ3n) is 2.65. The smallest absolute Gasteiger partial charge is 0.146 e. The van der Waals surface area contributed by atoms with Crippen LogP contribution in [0.5, 0.6) is 0 Å². The molecule has 0 bridgehead atoms. The summed E-state index contributed by atoms with van der Waals surface area (Å²) in [5, 5.41) is 3.10. The zero-order valence-electron chi connectivity index (χ0n) is 9.93. The second kappa shape index (κ2) is 5.47. The zero-order chi connectivity index (χ0) is 13.3. The summed E-state index contributed by atoms with van der Waals surface area (Å²) in [5.74, 6) is -0.265. The van der Waals surface area contributed by atoms with Gasteiger partial charge in [0.25, 0.3) is 0 Å². The number of halogens is 3. The first-order chi connectivity index (χ1) is 8.47. The molecule has 1 aromatic heterocycles. The van der Waals surface area contributed by atoms with E-state index in [-0.39, 0.29) is 11.9 Å². The van der Waals surface area contributed by atoms with Crippen LogP contribution < -0.4 is 5.32 Å². The molecule has 1 nitrogen and oxygen atoms in total. The lowest BCUT2D eigenvalue weighted by molar-refractivity contribution is 0.626. The second-order valence-corrected chi connectivity index (χ2v) is 6.41. The molecule has 1 unspecified atom stereocenters. The van der Waals surface area contributed by atoms with Crippen molar-refractivity contribution in [1.82, 2.24) is 0 Å². The highest BCUT2D eigenvalue weighted by Gasteiger charge is 2.14. The Labute approximate surface area is 120 Å². The number of thiophene rings is 1. The van der Waals surface area contributed by atoms with E-state index < -0.39 is 0 Å². The minimum atomic E-state index is -0.265. The van der Waals surface area contributed by atoms with Crippen molar-refractivity contribution in [1.29, 1.82) is 0 Å². The van der Waals surface area contributed by atoms with Gasteiger partial charge in [-0.25, -0.2) is 4.39 Å². The summed E-state index contributed by atoms with van der Waals surface area (Å²) >= 11 is 13.3. The van der Waals surface area contributed by atoms with Gasteiger partial charge in [0.1, 0.15) is 5.82 Å². The quantitative estimate of drug-likeness (QED) is 0.769. The first-order valence-corrected chi connectivity index (χ1v) is 7.02. The Morgan fingerprint density at radius 3 is 2.56 bits per heavy atom. The third-order valence-corrected chi connectivity index (χ3v) is 4.16. The molecule has 0 saturated heterocycles. The van der Waals surface area contributed by atoms with Gasteiger partial charge in [0.15, 0.2) is 0 Å². The standard InChI is InChI=1S/C13H12Cl2FNS/c1-7-3-4-11(10(16)5-7)17-8(2)9-6-12(14)18-13(9)15/h3-6,8,17H,1-2H3. The number of benzene rings is 1. The lowest BCUT2D eigenvalue weighted by Gasteiger charge is -2.15. The Balaban J connectivity index is 2.21. The van der Waals surface area contributed by atoms with Gasteiger partial charge in [0.05, 0.1) is 20.4 Å². The molecule has 1 heterocycles. The molecule has 0 amide bonds. The molecule has 0 aliphatic carbocycles. The topological polar surface area (TPSA) is 12.0 Å². The maximum absolute atomic E-state index is 13.7. The normalized spacial score (nSPS) is 12.5. The summed E-state index contributed by atoms with van der Waals surface area (Å²) in [4.78, 5) is 0.